The Balaban J connectivity index is 1.63. The summed E-state index contributed by atoms with van der Waals surface area (Å²) in [5.41, 5.74) is 2.03. The highest BCUT2D eigenvalue weighted by Gasteiger charge is 2.50. The van der Waals surface area contributed by atoms with Crippen molar-refractivity contribution in [2.45, 2.75) is 31.3 Å². The highest BCUT2D eigenvalue weighted by atomic mass is 16.5. The lowest BCUT2D eigenvalue weighted by atomic mass is 9.69. The zero-order valence-electron chi connectivity index (χ0n) is 21.6. The lowest BCUT2D eigenvalue weighted by Crippen LogP contribution is -2.46. The molecule has 4 aromatic rings. The van der Waals surface area contributed by atoms with Crippen LogP contribution in [0.25, 0.3) is 16.7 Å². The molecular formula is C31H29NO5. The quantitative estimate of drug-likeness (QED) is 0.313. The fraction of sp³-hybridized carbons (Fsp3) is 0.258. The molecule has 1 unspecified atom stereocenters. The lowest BCUT2D eigenvalue weighted by molar-refractivity contribution is 0.0540. The molecule has 0 saturated carbocycles. The molecule has 2 aliphatic heterocycles. The Morgan fingerprint density at radius 3 is 2.49 bits per heavy atom. The van der Waals surface area contributed by atoms with Crippen LogP contribution in [-0.2, 0) is 11.0 Å². The number of fused-ring (bicyclic) bond motifs is 5. The van der Waals surface area contributed by atoms with Gasteiger partial charge < -0.3 is 23.5 Å². The molecule has 1 spiro atoms. The molecule has 6 heteroatoms. The van der Waals surface area contributed by atoms with Crippen LogP contribution < -0.4 is 24.7 Å². The van der Waals surface area contributed by atoms with E-state index in [0.29, 0.717) is 40.6 Å². The predicted octanol–water partition coefficient (Wildman–Crippen LogP) is 6.26. The summed E-state index contributed by atoms with van der Waals surface area (Å²) in [5, 5.41) is 0.767. The van der Waals surface area contributed by atoms with E-state index in [0.717, 1.165) is 22.2 Å². The molecule has 0 aliphatic carbocycles. The van der Waals surface area contributed by atoms with Crippen molar-refractivity contribution in [3.05, 3.63) is 99.9 Å². The molecular weight excluding hydrogens is 466 g/mol. The number of hydrogen-bond donors (Lipinski definition) is 0. The molecule has 2 aliphatic rings. The van der Waals surface area contributed by atoms with Crippen LogP contribution >= 0.6 is 0 Å². The second-order valence-corrected chi connectivity index (χ2v) is 10.6. The number of rotatable bonds is 3. The molecule has 0 amide bonds. The summed E-state index contributed by atoms with van der Waals surface area (Å²) in [6.07, 6.45) is 2.58. The summed E-state index contributed by atoms with van der Waals surface area (Å²) in [6.45, 7) is 4.14. The number of benzene rings is 3. The fourth-order valence-electron chi connectivity index (χ4n) is 5.57. The highest BCUT2D eigenvalue weighted by molar-refractivity contribution is 5.88. The Morgan fingerprint density at radius 1 is 0.973 bits per heavy atom. The van der Waals surface area contributed by atoms with Crippen molar-refractivity contribution >= 4 is 22.4 Å². The van der Waals surface area contributed by atoms with Gasteiger partial charge in [-0.2, -0.15) is 0 Å². The zero-order valence-corrected chi connectivity index (χ0v) is 21.6. The Kier molecular flexibility index (Phi) is 5.13. The number of hydrogen-bond acceptors (Lipinski definition) is 6. The van der Waals surface area contributed by atoms with Gasteiger partial charge in [-0.1, -0.05) is 44.2 Å². The van der Waals surface area contributed by atoms with Crippen LogP contribution in [0.2, 0.25) is 0 Å². The SMILES string of the molecule is COc1ccc2c(c1)OC(c1ccccc1)=CC21CC(C)(C)c2c(c3ccc(N(C)C)cc3oc2=O)O1. The van der Waals surface area contributed by atoms with Crippen LogP contribution in [0.5, 0.6) is 17.2 Å². The van der Waals surface area contributed by atoms with Gasteiger partial charge >= 0.3 is 5.63 Å². The van der Waals surface area contributed by atoms with E-state index in [1.165, 1.54) is 0 Å². The first-order valence-corrected chi connectivity index (χ1v) is 12.3. The highest BCUT2D eigenvalue weighted by Crippen LogP contribution is 2.55. The predicted molar refractivity (Wildman–Crippen MR) is 145 cm³/mol. The number of methoxy groups -OCH3 is 1. The van der Waals surface area contributed by atoms with E-state index < -0.39 is 11.0 Å². The van der Waals surface area contributed by atoms with Crippen molar-refractivity contribution in [1.29, 1.82) is 0 Å². The second kappa shape index (κ2) is 8.17. The third kappa shape index (κ3) is 3.67. The maximum Gasteiger partial charge on any atom is 0.343 e. The maximum absolute atomic E-state index is 13.3. The average Bonchev–Trinajstić information content (AvgIpc) is 2.87. The maximum atomic E-state index is 13.3. The van der Waals surface area contributed by atoms with Gasteiger partial charge in [-0.3, -0.25) is 0 Å². The molecule has 6 rings (SSSR count). The summed E-state index contributed by atoms with van der Waals surface area (Å²) in [4.78, 5) is 15.3. The van der Waals surface area contributed by atoms with Crippen molar-refractivity contribution in [3.8, 4) is 17.2 Å². The van der Waals surface area contributed by atoms with Crippen LogP contribution in [-0.4, -0.2) is 21.2 Å². The van der Waals surface area contributed by atoms with Crippen molar-refractivity contribution in [2.75, 3.05) is 26.1 Å². The van der Waals surface area contributed by atoms with E-state index in [4.69, 9.17) is 18.6 Å². The van der Waals surface area contributed by atoms with Gasteiger partial charge in [0.1, 0.15) is 28.6 Å². The Morgan fingerprint density at radius 2 is 1.76 bits per heavy atom. The molecule has 1 aromatic heterocycles. The third-order valence-electron chi connectivity index (χ3n) is 7.31. The Bertz CT molecular complexity index is 1620. The van der Waals surface area contributed by atoms with Crippen molar-refractivity contribution in [1.82, 2.24) is 0 Å². The second-order valence-electron chi connectivity index (χ2n) is 10.6. The zero-order chi connectivity index (χ0) is 25.9. The molecule has 188 valence electrons. The smallest absolute Gasteiger partial charge is 0.343 e. The van der Waals surface area contributed by atoms with E-state index in [1.807, 2.05) is 85.7 Å². The molecule has 3 aromatic carbocycles. The van der Waals surface area contributed by atoms with E-state index in [1.54, 1.807) is 7.11 Å². The topological polar surface area (TPSA) is 61.1 Å². The minimum Gasteiger partial charge on any atom is -0.497 e. The number of nitrogens with zero attached hydrogens (tertiary/aromatic N) is 1. The normalized spacial score (nSPS) is 19.3. The first-order valence-electron chi connectivity index (χ1n) is 12.3. The molecule has 1 atom stereocenters. The largest absolute Gasteiger partial charge is 0.497 e. The minimum absolute atomic E-state index is 0.368. The van der Waals surface area contributed by atoms with Crippen LogP contribution in [0.1, 0.15) is 37.0 Å². The van der Waals surface area contributed by atoms with Gasteiger partial charge in [0.2, 0.25) is 0 Å². The van der Waals surface area contributed by atoms with Crippen molar-refractivity contribution in [2.24, 2.45) is 0 Å². The van der Waals surface area contributed by atoms with Gasteiger partial charge in [0, 0.05) is 61.0 Å². The van der Waals surface area contributed by atoms with Crippen LogP contribution in [0.3, 0.4) is 0 Å². The van der Waals surface area contributed by atoms with Gasteiger partial charge in [-0.25, -0.2) is 4.79 Å². The molecule has 0 radical (unpaired) electrons. The monoisotopic (exact) mass is 495 g/mol. The molecule has 0 fully saturated rings. The van der Waals surface area contributed by atoms with Gasteiger partial charge in [-0.15, -0.1) is 0 Å². The van der Waals surface area contributed by atoms with Crippen molar-refractivity contribution in [3.63, 3.8) is 0 Å². The van der Waals surface area contributed by atoms with E-state index in [9.17, 15) is 4.79 Å². The van der Waals surface area contributed by atoms with Crippen molar-refractivity contribution < 1.29 is 18.6 Å². The summed E-state index contributed by atoms with van der Waals surface area (Å²) >= 11 is 0. The molecule has 37 heavy (non-hydrogen) atoms. The average molecular weight is 496 g/mol. The summed E-state index contributed by atoms with van der Waals surface area (Å²) in [5.74, 6) is 2.62. The molecule has 0 N–H and O–H groups in total. The fourth-order valence-corrected chi connectivity index (χ4v) is 5.57. The summed E-state index contributed by atoms with van der Waals surface area (Å²) in [7, 11) is 5.54. The summed E-state index contributed by atoms with van der Waals surface area (Å²) < 4.78 is 24.7. The lowest BCUT2D eigenvalue weighted by Gasteiger charge is -2.46. The molecule has 0 saturated heterocycles. The minimum atomic E-state index is -0.873. The first-order chi connectivity index (χ1) is 17.7. The molecule has 6 nitrogen and oxygen atoms in total. The van der Waals surface area contributed by atoms with Crippen LogP contribution in [0.4, 0.5) is 5.69 Å². The molecule has 0 bridgehead atoms. The van der Waals surface area contributed by atoms with Gasteiger partial charge in [0.05, 0.1) is 18.1 Å². The van der Waals surface area contributed by atoms with Crippen LogP contribution in [0, 0.1) is 0 Å². The standard InChI is InChI=1S/C31H29NO5/c1-30(2)18-31(37-28-22-13-11-20(32(3)4)15-24(22)36-29(33)27(28)30)17-26(19-9-7-6-8-10-19)35-25-16-21(34-5)12-14-23(25)31/h6-17H,18H2,1-5H3. The van der Waals surface area contributed by atoms with E-state index >= 15 is 0 Å². The van der Waals surface area contributed by atoms with E-state index in [-0.39, 0.29) is 5.63 Å². The van der Waals surface area contributed by atoms with Gasteiger partial charge in [0.25, 0.3) is 0 Å². The van der Waals surface area contributed by atoms with E-state index in [2.05, 4.69) is 19.9 Å². The van der Waals surface area contributed by atoms with Crippen LogP contribution in [0.15, 0.2) is 82.0 Å². The molecule has 3 heterocycles. The third-order valence-corrected chi connectivity index (χ3v) is 7.31. The summed E-state index contributed by atoms with van der Waals surface area (Å²) in [6, 6.07) is 21.6. The Hall–Kier alpha value is -4.19. The first kappa shape index (κ1) is 23.2. The number of ether oxygens (including phenoxy) is 3. The van der Waals surface area contributed by atoms with Gasteiger partial charge in [-0.05, 0) is 24.3 Å². The number of anilines is 1. The Labute approximate surface area is 215 Å². The van der Waals surface area contributed by atoms with Gasteiger partial charge in [0.15, 0.2) is 5.60 Å².